The molecule has 0 atom stereocenters. The van der Waals surface area contributed by atoms with E-state index in [1.54, 1.807) is 0 Å². The monoisotopic (exact) mass is 299 g/mol. The predicted molar refractivity (Wildman–Crippen MR) is 76.0 cm³/mol. The van der Waals surface area contributed by atoms with Gasteiger partial charge in [-0.25, -0.2) is 4.98 Å². The summed E-state index contributed by atoms with van der Waals surface area (Å²) in [4.78, 5) is 18.3. The van der Waals surface area contributed by atoms with Crippen LogP contribution in [0.4, 0.5) is 5.95 Å². The van der Waals surface area contributed by atoms with Gasteiger partial charge in [-0.3, -0.25) is 0 Å². The molecular formula is C10H14ClN7S. The number of anilines is 1. The van der Waals surface area contributed by atoms with E-state index in [2.05, 4.69) is 31.3 Å². The number of hydrogen-bond acceptors (Lipinski definition) is 7. The largest absolute Gasteiger partial charge is 0.344 e. The molecular weight excluding hydrogens is 286 g/mol. The first-order valence-electron chi connectivity index (χ1n) is 5.67. The summed E-state index contributed by atoms with van der Waals surface area (Å²) in [5.41, 5.74) is 0. The van der Waals surface area contributed by atoms with E-state index in [1.165, 1.54) is 17.3 Å². The molecule has 0 spiro atoms. The lowest BCUT2D eigenvalue weighted by atomic mass is 10.4. The third-order valence-corrected chi connectivity index (χ3v) is 3.26. The third kappa shape index (κ3) is 3.77. The first-order chi connectivity index (χ1) is 9.20. The summed E-state index contributed by atoms with van der Waals surface area (Å²) in [6.45, 7) is 0.859. The van der Waals surface area contributed by atoms with E-state index in [0.717, 1.165) is 18.7 Å². The molecule has 0 unspecified atom stereocenters. The van der Waals surface area contributed by atoms with Gasteiger partial charge in [-0.05, 0) is 30.0 Å². The van der Waals surface area contributed by atoms with E-state index in [9.17, 15) is 0 Å². The summed E-state index contributed by atoms with van der Waals surface area (Å²) < 4.78 is 1.45. The number of thioether (sulfide) groups is 1. The summed E-state index contributed by atoms with van der Waals surface area (Å²) in [7, 11) is 1.93. The predicted octanol–water partition coefficient (Wildman–Crippen LogP) is 1.29. The highest BCUT2D eigenvalue weighted by atomic mass is 35.5. The molecule has 0 aliphatic rings. The zero-order valence-electron chi connectivity index (χ0n) is 10.7. The highest BCUT2D eigenvalue weighted by Crippen LogP contribution is 2.12. The minimum atomic E-state index is 0.146. The molecule has 102 valence electrons. The summed E-state index contributed by atoms with van der Waals surface area (Å²) in [5.74, 6) is 2.00. The molecule has 9 heteroatoms. The smallest absolute Gasteiger partial charge is 0.258 e. The Labute approximate surface area is 120 Å². The van der Waals surface area contributed by atoms with Crippen molar-refractivity contribution in [3.8, 4) is 5.95 Å². The first-order valence-corrected chi connectivity index (χ1v) is 7.44. The van der Waals surface area contributed by atoms with Crippen LogP contribution in [-0.2, 0) is 0 Å². The van der Waals surface area contributed by atoms with Gasteiger partial charge in [0, 0.05) is 13.6 Å². The van der Waals surface area contributed by atoms with Crippen molar-refractivity contribution in [2.75, 3.05) is 30.5 Å². The van der Waals surface area contributed by atoms with Crippen LogP contribution in [0.5, 0.6) is 0 Å². The number of halogens is 1. The Morgan fingerprint density at radius 1 is 1.37 bits per heavy atom. The van der Waals surface area contributed by atoms with Crippen LogP contribution in [0.3, 0.4) is 0 Å². The van der Waals surface area contributed by atoms with E-state index < -0.39 is 0 Å². The molecule has 0 aliphatic heterocycles. The molecule has 0 bridgehead atoms. The topological polar surface area (TPSA) is 72.6 Å². The van der Waals surface area contributed by atoms with Crippen molar-refractivity contribution < 1.29 is 0 Å². The standard InChI is InChI=1S/C10H14ClN7S/c1-17(4-3-5-19-2)9-14-8(11)15-10(16-9)18-7-12-6-13-18/h6-7H,3-5H2,1-2H3. The molecule has 2 rings (SSSR count). The van der Waals surface area contributed by atoms with Gasteiger partial charge >= 0.3 is 0 Å². The van der Waals surface area contributed by atoms with Crippen LogP contribution >= 0.6 is 23.4 Å². The van der Waals surface area contributed by atoms with Crippen molar-refractivity contribution in [2.45, 2.75) is 6.42 Å². The molecule has 0 fully saturated rings. The van der Waals surface area contributed by atoms with Crippen molar-refractivity contribution in [3.05, 3.63) is 17.9 Å². The first kappa shape index (κ1) is 14.0. The average Bonchev–Trinajstić information content (AvgIpc) is 2.92. The number of aromatic nitrogens is 6. The highest BCUT2D eigenvalue weighted by Gasteiger charge is 2.10. The normalized spacial score (nSPS) is 10.7. The Morgan fingerprint density at radius 2 is 2.21 bits per heavy atom. The van der Waals surface area contributed by atoms with Crippen LogP contribution in [-0.4, -0.2) is 55.3 Å². The minimum absolute atomic E-state index is 0.146. The molecule has 2 heterocycles. The van der Waals surface area contributed by atoms with Crippen molar-refractivity contribution >= 4 is 29.3 Å². The van der Waals surface area contributed by atoms with Crippen LogP contribution in [0.1, 0.15) is 6.42 Å². The van der Waals surface area contributed by atoms with Gasteiger partial charge in [0.1, 0.15) is 12.7 Å². The van der Waals surface area contributed by atoms with Gasteiger partial charge in [0.2, 0.25) is 11.2 Å². The van der Waals surface area contributed by atoms with Crippen molar-refractivity contribution in [3.63, 3.8) is 0 Å². The van der Waals surface area contributed by atoms with Crippen LogP contribution in [0.15, 0.2) is 12.7 Å². The highest BCUT2D eigenvalue weighted by molar-refractivity contribution is 7.98. The molecule has 2 aromatic heterocycles. The number of nitrogens with zero attached hydrogens (tertiary/aromatic N) is 7. The SMILES string of the molecule is CSCCCN(C)c1nc(Cl)nc(-n2cncn2)n1. The van der Waals surface area contributed by atoms with E-state index >= 15 is 0 Å². The van der Waals surface area contributed by atoms with Gasteiger partial charge in [0.15, 0.2) is 0 Å². The van der Waals surface area contributed by atoms with E-state index in [1.807, 2.05) is 23.7 Å². The summed E-state index contributed by atoms with van der Waals surface area (Å²) in [6.07, 6.45) is 6.07. The molecule has 0 radical (unpaired) electrons. The second kappa shape index (κ2) is 6.67. The van der Waals surface area contributed by atoms with Crippen molar-refractivity contribution in [1.82, 2.24) is 29.7 Å². The minimum Gasteiger partial charge on any atom is -0.344 e. The maximum absolute atomic E-state index is 5.92. The van der Waals surface area contributed by atoms with E-state index in [-0.39, 0.29) is 5.28 Å². The zero-order chi connectivity index (χ0) is 13.7. The zero-order valence-corrected chi connectivity index (χ0v) is 12.3. The van der Waals surface area contributed by atoms with Gasteiger partial charge < -0.3 is 4.90 Å². The summed E-state index contributed by atoms with van der Waals surface area (Å²) >= 11 is 7.73. The van der Waals surface area contributed by atoms with Gasteiger partial charge in [-0.15, -0.1) is 0 Å². The number of hydrogen-bond donors (Lipinski definition) is 0. The molecule has 0 N–H and O–H groups in total. The van der Waals surface area contributed by atoms with Gasteiger partial charge in [0.05, 0.1) is 0 Å². The second-order valence-electron chi connectivity index (χ2n) is 3.81. The molecule has 0 saturated carbocycles. The average molecular weight is 300 g/mol. The Balaban J connectivity index is 2.17. The molecule has 2 aromatic rings. The molecule has 0 amide bonds. The van der Waals surface area contributed by atoms with Crippen LogP contribution in [0.2, 0.25) is 5.28 Å². The molecule has 19 heavy (non-hydrogen) atoms. The third-order valence-electron chi connectivity index (χ3n) is 2.39. The van der Waals surface area contributed by atoms with Crippen LogP contribution in [0, 0.1) is 0 Å². The van der Waals surface area contributed by atoms with Gasteiger partial charge in [-0.1, -0.05) is 0 Å². The number of rotatable bonds is 6. The fraction of sp³-hybridized carbons (Fsp3) is 0.500. The summed E-state index contributed by atoms with van der Waals surface area (Å²) in [6, 6.07) is 0. The van der Waals surface area contributed by atoms with E-state index in [0.29, 0.717) is 11.9 Å². The Bertz CT molecular complexity index is 519. The molecule has 0 aromatic carbocycles. The van der Waals surface area contributed by atoms with Gasteiger partial charge in [0.25, 0.3) is 5.95 Å². The van der Waals surface area contributed by atoms with Crippen molar-refractivity contribution in [1.29, 1.82) is 0 Å². The summed E-state index contributed by atoms with van der Waals surface area (Å²) in [5, 5.41) is 4.12. The fourth-order valence-electron chi connectivity index (χ4n) is 1.46. The lowest BCUT2D eigenvalue weighted by Crippen LogP contribution is -2.22. The fourth-order valence-corrected chi connectivity index (χ4v) is 2.03. The maximum atomic E-state index is 5.92. The van der Waals surface area contributed by atoms with Crippen LogP contribution < -0.4 is 4.90 Å². The molecule has 0 aliphatic carbocycles. The maximum Gasteiger partial charge on any atom is 0.258 e. The molecule has 0 saturated heterocycles. The quantitative estimate of drug-likeness (QED) is 0.744. The Hall–Kier alpha value is -1.41. The van der Waals surface area contributed by atoms with Gasteiger partial charge in [-0.2, -0.15) is 36.5 Å². The van der Waals surface area contributed by atoms with Crippen LogP contribution in [0.25, 0.3) is 5.95 Å². The lowest BCUT2D eigenvalue weighted by Gasteiger charge is -2.16. The molecule has 7 nitrogen and oxygen atoms in total. The Kier molecular flexibility index (Phi) is 4.92. The Morgan fingerprint density at radius 3 is 2.89 bits per heavy atom. The lowest BCUT2D eigenvalue weighted by molar-refractivity contribution is 0.765. The van der Waals surface area contributed by atoms with Crippen molar-refractivity contribution in [2.24, 2.45) is 0 Å². The van der Waals surface area contributed by atoms with E-state index in [4.69, 9.17) is 11.6 Å². The second-order valence-corrected chi connectivity index (χ2v) is 5.14.